The second kappa shape index (κ2) is 19.5. The quantitative estimate of drug-likeness (QED) is 0.110. The third kappa shape index (κ3) is 8.80. The average Bonchev–Trinajstić information content (AvgIpc) is 3.99. The van der Waals surface area contributed by atoms with Crippen LogP contribution in [0.4, 0.5) is 28.4 Å². The number of phenolic OH excluding ortho intramolecular Hbond substituents is 2. The molecule has 0 atom stereocenters. The van der Waals surface area contributed by atoms with Gasteiger partial charge >= 0.3 is 0 Å². The van der Waals surface area contributed by atoms with Crippen LogP contribution in [0, 0.1) is 0 Å². The van der Waals surface area contributed by atoms with Gasteiger partial charge in [-0.15, -0.1) is 15.3 Å². The summed E-state index contributed by atoms with van der Waals surface area (Å²) < 4.78 is 0. The molecule has 0 saturated carbocycles. The van der Waals surface area contributed by atoms with Gasteiger partial charge in [0.25, 0.3) is 11.8 Å². The topological polar surface area (TPSA) is 182 Å². The molecule has 0 radical (unpaired) electrons. The van der Waals surface area contributed by atoms with E-state index in [4.69, 9.17) is 23.2 Å². The number of anilines is 2. The molecule has 0 saturated heterocycles. The largest absolute Gasteiger partial charge is 0.505 e. The molecule has 356 valence electrons. The van der Waals surface area contributed by atoms with E-state index in [0.29, 0.717) is 65.4 Å². The number of nitrogens with one attached hydrogen (secondary N) is 2. The molecule has 74 heavy (non-hydrogen) atoms. The number of Topliss-reactive ketones (excluding diaryl/α,β-unsaturated/α-hetero) is 1. The molecular weight excluding hydrogens is 972 g/mol. The van der Waals surface area contributed by atoms with Crippen LogP contribution in [0.15, 0.2) is 219 Å². The van der Waals surface area contributed by atoms with Crippen molar-refractivity contribution in [2.45, 2.75) is 0 Å². The Bertz CT molecular complexity index is 4050. The Kier molecular flexibility index (Phi) is 12.3. The highest BCUT2D eigenvalue weighted by Gasteiger charge is 2.30. The van der Waals surface area contributed by atoms with Crippen molar-refractivity contribution in [3.8, 4) is 11.5 Å². The number of rotatable bonds is 8. The van der Waals surface area contributed by atoms with Crippen molar-refractivity contribution in [2.75, 3.05) is 10.6 Å². The summed E-state index contributed by atoms with van der Waals surface area (Å²) >= 11 is 12.5. The van der Waals surface area contributed by atoms with Gasteiger partial charge in [-0.25, -0.2) is 0 Å². The maximum absolute atomic E-state index is 13.9. The van der Waals surface area contributed by atoms with Crippen molar-refractivity contribution in [2.24, 2.45) is 20.5 Å². The number of nitrogens with zero attached hydrogens (tertiary/aromatic N) is 4. The van der Waals surface area contributed by atoms with Crippen molar-refractivity contribution >= 4 is 120 Å². The van der Waals surface area contributed by atoms with Gasteiger partial charge in [-0.2, -0.15) is 5.11 Å². The number of benzene rings is 8. The van der Waals surface area contributed by atoms with Gasteiger partial charge in [0.05, 0.1) is 38.2 Å². The van der Waals surface area contributed by atoms with Crippen LogP contribution in [0.2, 0.25) is 10.0 Å². The molecule has 0 aromatic heterocycles. The molecule has 8 aromatic carbocycles. The number of amides is 2. The van der Waals surface area contributed by atoms with E-state index in [9.17, 15) is 29.4 Å². The van der Waals surface area contributed by atoms with Gasteiger partial charge in [0.15, 0.2) is 17.3 Å². The Morgan fingerprint density at radius 3 is 1.65 bits per heavy atom. The number of para-hydroxylation sites is 2. The molecule has 0 spiro atoms. The zero-order chi connectivity index (χ0) is 51.0. The van der Waals surface area contributed by atoms with Crippen LogP contribution in [-0.2, 0) is 9.59 Å². The van der Waals surface area contributed by atoms with Crippen LogP contribution in [0.25, 0.3) is 44.8 Å². The minimum Gasteiger partial charge on any atom is -0.505 e. The second-order valence-corrected chi connectivity index (χ2v) is 18.0. The predicted molar refractivity (Wildman–Crippen MR) is 291 cm³/mol. The molecule has 8 aromatic rings. The Morgan fingerprint density at radius 1 is 0.486 bits per heavy atom. The maximum atomic E-state index is 13.9. The Morgan fingerprint density at radius 2 is 1.01 bits per heavy atom. The van der Waals surface area contributed by atoms with Gasteiger partial charge in [-0.05, 0) is 117 Å². The first-order valence-electron chi connectivity index (χ1n) is 23.0. The lowest BCUT2D eigenvalue weighted by Gasteiger charge is -2.13. The number of hydrogen-bond acceptors (Lipinski definition) is 10. The minimum atomic E-state index is -0.605. The van der Waals surface area contributed by atoms with E-state index < -0.39 is 23.3 Å². The van der Waals surface area contributed by atoms with Crippen LogP contribution in [-0.4, -0.2) is 33.6 Å². The molecule has 0 aliphatic heterocycles. The number of carbonyl (C=O) groups excluding carboxylic acids is 4. The fourth-order valence-corrected chi connectivity index (χ4v) is 9.39. The maximum Gasteiger partial charge on any atom is 0.259 e. The fraction of sp³-hybridized carbons (Fsp3) is 0. The Labute approximate surface area is 432 Å². The van der Waals surface area contributed by atoms with Crippen LogP contribution >= 0.6 is 23.2 Å². The highest BCUT2D eigenvalue weighted by atomic mass is 35.5. The molecule has 4 aliphatic rings. The smallest absolute Gasteiger partial charge is 0.259 e. The number of fused-ring (bicyclic) bond motifs is 8. The molecule has 4 N–H and O–H groups in total. The normalized spacial score (nSPS) is 14.1. The number of ketones is 2. The van der Waals surface area contributed by atoms with Crippen LogP contribution in [0.5, 0.6) is 11.5 Å². The molecule has 0 fully saturated rings. The number of allylic oxidation sites excluding steroid dienone is 9. The number of halogens is 2. The lowest BCUT2D eigenvalue weighted by Crippen LogP contribution is -2.12. The van der Waals surface area contributed by atoms with Crippen molar-refractivity contribution in [1.29, 1.82) is 0 Å². The number of hydrogen-bond donors (Lipinski definition) is 4. The van der Waals surface area contributed by atoms with Crippen molar-refractivity contribution in [1.82, 2.24) is 0 Å². The van der Waals surface area contributed by atoms with Gasteiger partial charge in [-0.3, -0.25) is 19.2 Å². The van der Waals surface area contributed by atoms with E-state index in [1.54, 1.807) is 140 Å². The number of aromatic hydroxyl groups is 2. The summed E-state index contributed by atoms with van der Waals surface area (Å²) in [5.74, 6) is -2.23. The monoisotopic (exact) mass is 1010 g/mol. The molecule has 0 bridgehead atoms. The Hall–Kier alpha value is -9.62. The summed E-state index contributed by atoms with van der Waals surface area (Å²) in [7, 11) is 0. The molecular formula is C60H36Cl2N6O6. The summed E-state index contributed by atoms with van der Waals surface area (Å²) in [5, 5.41) is 48.7. The van der Waals surface area contributed by atoms with Crippen LogP contribution < -0.4 is 10.6 Å². The molecule has 0 heterocycles. The van der Waals surface area contributed by atoms with E-state index in [-0.39, 0.29) is 39.7 Å². The summed E-state index contributed by atoms with van der Waals surface area (Å²) in [6, 6.07) is 44.3. The minimum absolute atomic E-state index is 0.00810. The summed E-state index contributed by atoms with van der Waals surface area (Å²) in [6.45, 7) is 0. The zero-order valence-corrected chi connectivity index (χ0v) is 40.1. The Balaban J connectivity index is 0.000000359. The number of azo groups is 2. The van der Waals surface area contributed by atoms with E-state index >= 15 is 0 Å². The summed E-state index contributed by atoms with van der Waals surface area (Å²) in [5.41, 5.74) is 8.05. The van der Waals surface area contributed by atoms with Crippen molar-refractivity contribution < 1.29 is 29.4 Å². The first-order chi connectivity index (χ1) is 36.0. The molecule has 2 amide bonds. The highest BCUT2D eigenvalue weighted by molar-refractivity contribution is 6.34. The molecule has 12 rings (SSSR count). The van der Waals surface area contributed by atoms with Gasteiger partial charge < -0.3 is 20.8 Å². The molecule has 0 unspecified atom stereocenters. The third-order valence-electron chi connectivity index (χ3n) is 12.7. The SMILES string of the molecule is O=C1C(N=Nc2c(O)c(C(=O)Nc3ccccc3Cl)cc3ccccc23)=CC=C2C1=Cc1cc(N=Nc3c(O)c(C(=O)Nc4ccccc4Cl)cc4ccccc34)ccc12.O=C1C=CC=C2C1=Cc1ccccc12. The average molecular weight is 1010 g/mol. The number of phenols is 2. The summed E-state index contributed by atoms with van der Waals surface area (Å²) in [6.07, 6.45) is 12.4. The van der Waals surface area contributed by atoms with Crippen LogP contribution in [0.1, 0.15) is 43.0 Å². The molecule has 4 aliphatic carbocycles. The fourth-order valence-electron chi connectivity index (χ4n) is 9.03. The standard InChI is InChI=1S/C47H28Cl2N6O5.C13H8O/c48-36-13-5-7-15-38(36)50-46(59)34-22-25-9-1-3-11-30(25)41(44(34)57)54-52-28-17-18-29-27(21-28)24-33-32(29)19-20-40(43(33)56)53-55-42-31-12-4-2-10-26(31)23-35(45(42)58)47(60)51-39-16-8-6-14-37(39)49;14-13-7-3-6-11-10-5-2-1-4-9(10)8-12(11)13/h1-24,57-58H,(H,50,59)(H,51,60);1-8H. The lowest BCUT2D eigenvalue weighted by atomic mass is 9.94. The highest BCUT2D eigenvalue weighted by Crippen LogP contribution is 2.45. The lowest BCUT2D eigenvalue weighted by molar-refractivity contribution is -0.112. The van der Waals surface area contributed by atoms with Crippen molar-refractivity contribution in [3.63, 3.8) is 0 Å². The first kappa shape index (κ1) is 46.7. The van der Waals surface area contributed by atoms with Gasteiger partial charge in [0.2, 0.25) is 5.78 Å². The van der Waals surface area contributed by atoms with E-state index in [1.165, 1.54) is 5.56 Å². The van der Waals surface area contributed by atoms with E-state index in [2.05, 4.69) is 37.2 Å². The summed E-state index contributed by atoms with van der Waals surface area (Å²) in [4.78, 5) is 52.1. The number of carbonyl (C=O) groups is 4. The van der Waals surface area contributed by atoms with Gasteiger partial charge in [-0.1, -0.05) is 145 Å². The van der Waals surface area contributed by atoms with Crippen molar-refractivity contribution in [3.05, 3.63) is 242 Å². The second-order valence-electron chi connectivity index (χ2n) is 17.2. The molecule has 12 nitrogen and oxygen atoms in total. The van der Waals surface area contributed by atoms with E-state index in [1.807, 2.05) is 48.6 Å². The third-order valence-corrected chi connectivity index (χ3v) is 13.3. The van der Waals surface area contributed by atoms with Gasteiger partial charge in [0, 0.05) is 21.9 Å². The molecule has 14 heteroatoms. The van der Waals surface area contributed by atoms with Gasteiger partial charge in [0.1, 0.15) is 17.1 Å². The van der Waals surface area contributed by atoms with Crippen LogP contribution in [0.3, 0.4) is 0 Å². The predicted octanol–water partition coefficient (Wildman–Crippen LogP) is 15.3. The first-order valence-corrected chi connectivity index (χ1v) is 23.8. The van der Waals surface area contributed by atoms with E-state index in [0.717, 1.165) is 22.3 Å². The zero-order valence-electron chi connectivity index (χ0n) is 38.5.